The van der Waals surface area contributed by atoms with Gasteiger partial charge in [0.25, 0.3) is 0 Å². The van der Waals surface area contributed by atoms with Crippen LogP contribution in [-0.4, -0.2) is 20.1 Å². The SMILES string of the molecule is CCCN(CC)c1c(F)cccc1C(C)NC. The van der Waals surface area contributed by atoms with Crippen molar-refractivity contribution < 1.29 is 4.39 Å². The minimum absolute atomic E-state index is 0.125. The van der Waals surface area contributed by atoms with Crippen molar-refractivity contribution in [1.29, 1.82) is 0 Å². The monoisotopic (exact) mass is 238 g/mol. The van der Waals surface area contributed by atoms with Crippen molar-refractivity contribution in [3.8, 4) is 0 Å². The molecule has 96 valence electrons. The van der Waals surface area contributed by atoms with Gasteiger partial charge in [-0.15, -0.1) is 0 Å². The van der Waals surface area contributed by atoms with Gasteiger partial charge < -0.3 is 10.2 Å². The van der Waals surface area contributed by atoms with Crippen molar-refractivity contribution in [3.63, 3.8) is 0 Å². The number of nitrogens with zero attached hydrogens (tertiary/aromatic N) is 1. The third-order valence-electron chi connectivity index (χ3n) is 3.11. The summed E-state index contributed by atoms with van der Waals surface area (Å²) in [5, 5.41) is 3.18. The molecule has 0 heterocycles. The summed E-state index contributed by atoms with van der Waals surface area (Å²) in [4.78, 5) is 2.11. The predicted octanol–water partition coefficient (Wildman–Crippen LogP) is 3.34. The summed E-state index contributed by atoms with van der Waals surface area (Å²) in [5.74, 6) is -0.125. The van der Waals surface area contributed by atoms with Gasteiger partial charge in [-0.25, -0.2) is 4.39 Å². The molecule has 0 fully saturated rings. The summed E-state index contributed by atoms with van der Waals surface area (Å²) in [5.41, 5.74) is 1.78. The molecule has 0 aliphatic heterocycles. The van der Waals surface area contributed by atoms with E-state index in [2.05, 4.69) is 31.0 Å². The Hall–Kier alpha value is -1.09. The largest absolute Gasteiger partial charge is 0.369 e. The van der Waals surface area contributed by atoms with Gasteiger partial charge in [-0.05, 0) is 38.9 Å². The lowest BCUT2D eigenvalue weighted by Gasteiger charge is -2.27. The first-order valence-electron chi connectivity index (χ1n) is 6.36. The fourth-order valence-electron chi connectivity index (χ4n) is 2.07. The molecule has 1 unspecified atom stereocenters. The molecule has 0 saturated heterocycles. The van der Waals surface area contributed by atoms with E-state index in [4.69, 9.17) is 0 Å². The number of halogens is 1. The summed E-state index contributed by atoms with van der Waals surface area (Å²) < 4.78 is 14.0. The van der Waals surface area contributed by atoms with Crippen LogP contribution in [0.1, 0.15) is 38.8 Å². The molecule has 0 aliphatic carbocycles. The van der Waals surface area contributed by atoms with E-state index in [0.29, 0.717) is 0 Å². The van der Waals surface area contributed by atoms with Crippen LogP contribution in [0.25, 0.3) is 0 Å². The van der Waals surface area contributed by atoms with Crippen molar-refractivity contribution in [2.75, 3.05) is 25.0 Å². The smallest absolute Gasteiger partial charge is 0.146 e. The minimum atomic E-state index is -0.125. The lowest BCUT2D eigenvalue weighted by molar-refractivity contribution is 0.597. The van der Waals surface area contributed by atoms with E-state index in [-0.39, 0.29) is 11.9 Å². The summed E-state index contributed by atoms with van der Waals surface area (Å²) in [7, 11) is 1.90. The fourth-order valence-corrected chi connectivity index (χ4v) is 2.07. The summed E-state index contributed by atoms with van der Waals surface area (Å²) in [6.07, 6.45) is 1.02. The van der Waals surface area contributed by atoms with Crippen LogP contribution in [0, 0.1) is 5.82 Å². The molecule has 1 N–H and O–H groups in total. The Bertz CT molecular complexity index is 352. The van der Waals surface area contributed by atoms with Gasteiger partial charge in [-0.1, -0.05) is 19.1 Å². The number of anilines is 1. The van der Waals surface area contributed by atoms with E-state index in [1.807, 2.05) is 13.1 Å². The Balaban J connectivity index is 3.18. The zero-order valence-corrected chi connectivity index (χ0v) is 11.3. The number of hydrogen-bond donors (Lipinski definition) is 1. The maximum Gasteiger partial charge on any atom is 0.146 e. The summed E-state index contributed by atoms with van der Waals surface area (Å²) in [6, 6.07) is 5.48. The summed E-state index contributed by atoms with van der Waals surface area (Å²) in [6.45, 7) is 7.96. The topological polar surface area (TPSA) is 15.3 Å². The van der Waals surface area contributed by atoms with Crippen LogP contribution in [-0.2, 0) is 0 Å². The number of hydrogen-bond acceptors (Lipinski definition) is 2. The van der Waals surface area contributed by atoms with Gasteiger partial charge in [0, 0.05) is 19.1 Å². The Labute approximate surface area is 104 Å². The molecule has 17 heavy (non-hydrogen) atoms. The first-order valence-corrected chi connectivity index (χ1v) is 6.36. The van der Waals surface area contributed by atoms with Crippen molar-refractivity contribution in [2.24, 2.45) is 0 Å². The highest BCUT2D eigenvalue weighted by molar-refractivity contribution is 5.56. The molecule has 2 nitrogen and oxygen atoms in total. The second-order valence-corrected chi connectivity index (χ2v) is 4.27. The van der Waals surface area contributed by atoms with E-state index >= 15 is 0 Å². The normalized spacial score (nSPS) is 12.5. The van der Waals surface area contributed by atoms with Crippen molar-refractivity contribution >= 4 is 5.69 Å². The molecule has 0 bridgehead atoms. The predicted molar refractivity (Wildman–Crippen MR) is 72.1 cm³/mol. The Kier molecular flexibility index (Phi) is 5.42. The molecule has 1 aromatic carbocycles. The average molecular weight is 238 g/mol. The number of para-hydroxylation sites is 1. The lowest BCUT2D eigenvalue weighted by Crippen LogP contribution is -2.27. The maximum atomic E-state index is 14.0. The van der Waals surface area contributed by atoms with E-state index < -0.39 is 0 Å². The molecule has 0 radical (unpaired) electrons. The minimum Gasteiger partial charge on any atom is -0.369 e. The third-order valence-corrected chi connectivity index (χ3v) is 3.11. The highest BCUT2D eigenvalue weighted by Crippen LogP contribution is 2.29. The molecule has 0 spiro atoms. The van der Waals surface area contributed by atoms with E-state index in [0.717, 1.165) is 30.8 Å². The van der Waals surface area contributed by atoms with Gasteiger partial charge >= 0.3 is 0 Å². The molecular weight excluding hydrogens is 215 g/mol. The van der Waals surface area contributed by atoms with Crippen molar-refractivity contribution in [2.45, 2.75) is 33.2 Å². The Morgan fingerprint density at radius 1 is 1.35 bits per heavy atom. The second kappa shape index (κ2) is 6.60. The van der Waals surface area contributed by atoms with E-state index in [1.54, 1.807) is 12.1 Å². The first kappa shape index (κ1) is 14.0. The van der Waals surface area contributed by atoms with E-state index in [9.17, 15) is 4.39 Å². The molecule has 0 aromatic heterocycles. The average Bonchev–Trinajstić information content (AvgIpc) is 2.35. The highest BCUT2D eigenvalue weighted by atomic mass is 19.1. The maximum absolute atomic E-state index is 14.0. The van der Waals surface area contributed by atoms with Crippen LogP contribution >= 0.6 is 0 Å². The highest BCUT2D eigenvalue weighted by Gasteiger charge is 2.17. The lowest BCUT2D eigenvalue weighted by atomic mass is 10.0. The van der Waals surface area contributed by atoms with Crippen molar-refractivity contribution in [1.82, 2.24) is 5.32 Å². The Morgan fingerprint density at radius 3 is 2.59 bits per heavy atom. The molecule has 0 saturated carbocycles. The van der Waals surface area contributed by atoms with Gasteiger partial charge in [-0.3, -0.25) is 0 Å². The van der Waals surface area contributed by atoms with Crippen LogP contribution in [0.2, 0.25) is 0 Å². The first-order chi connectivity index (χ1) is 8.15. The standard InChI is InChI=1S/C14H23FN2/c1-5-10-17(6-2)14-12(11(3)16-4)8-7-9-13(14)15/h7-9,11,16H,5-6,10H2,1-4H3. The fraction of sp³-hybridized carbons (Fsp3) is 0.571. The van der Waals surface area contributed by atoms with Gasteiger partial charge in [0.05, 0.1) is 5.69 Å². The van der Waals surface area contributed by atoms with E-state index in [1.165, 1.54) is 0 Å². The molecule has 1 rings (SSSR count). The number of benzene rings is 1. The van der Waals surface area contributed by atoms with Gasteiger partial charge in [0.15, 0.2) is 0 Å². The molecular formula is C14H23FN2. The third kappa shape index (κ3) is 3.19. The molecule has 1 aromatic rings. The van der Waals surface area contributed by atoms with Gasteiger partial charge in [0.2, 0.25) is 0 Å². The number of nitrogens with one attached hydrogen (secondary N) is 1. The van der Waals surface area contributed by atoms with Crippen molar-refractivity contribution in [3.05, 3.63) is 29.6 Å². The van der Waals surface area contributed by atoms with Crippen LogP contribution < -0.4 is 10.2 Å². The molecule has 1 atom stereocenters. The zero-order valence-electron chi connectivity index (χ0n) is 11.3. The van der Waals surface area contributed by atoms with Crippen LogP contribution in [0.4, 0.5) is 10.1 Å². The van der Waals surface area contributed by atoms with Gasteiger partial charge in [0.1, 0.15) is 5.82 Å². The quantitative estimate of drug-likeness (QED) is 0.817. The zero-order chi connectivity index (χ0) is 12.8. The summed E-state index contributed by atoms with van der Waals surface area (Å²) >= 11 is 0. The van der Waals surface area contributed by atoms with Gasteiger partial charge in [-0.2, -0.15) is 0 Å². The van der Waals surface area contributed by atoms with Crippen LogP contribution in [0.15, 0.2) is 18.2 Å². The second-order valence-electron chi connectivity index (χ2n) is 4.27. The van der Waals surface area contributed by atoms with Crippen LogP contribution in [0.3, 0.4) is 0 Å². The molecule has 3 heteroatoms. The van der Waals surface area contributed by atoms with Crippen LogP contribution in [0.5, 0.6) is 0 Å². The molecule has 0 aliphatic rings. The number of rotatable bonds is 6. The molecule has 0 amide bonds. The Morgan fingerprint density at radius 2 is 2.06 bits per heavy atom.